The highest BCUT2D eigenvalue weighted by Crippen LogP contribution is 2.16. The Bertz CT molecular complexity index is 599. The third-order valence-corrected chi connectivity index (χ3v) is 3.43. The van der Waals surface area contributed by atoms with Gasteiger partial charge in [0.1, 0.15) is 0 Å². The largest absolute Gasteiger partial charge is 0.352 e. The number of hydrogen-bond acceptors (Lipinski definition) is 4. The van der Waals surface area contributed by atoms with Crippen LogP contribution in [0.25, 0.3) is 0 Å². The molecular formula is C14H18ClN5O. The molecule has 0 fully saturated rings. The molecule has 1 aromatic heterocycles. The number of aryl methyl sites for hydroxylation is 1. The van der Waals surface area contributed by atoms with E-state index in [1.807, 2.05) is 0 Å². The average molecular weight is 308 g/mol. The summed E-state index contributed by atoms with van der Waals surface area (Å²) in [5.41, 5.74) is 3.83. The number of rotatable bonds is 5. The van der Waals surface area contributed by atoms with Crippen molar-refractivity contribution in [2.24, 2.45) is 0 Å². The number of carbonyl (C=O) groups is 1. The van der Waals surface area contributed by atoms with Crippen molar-refractivity contribution in [1.82, 2.24) is 25.6 Å². The van der Waals surface area contributed by atoms with Crippen LogP contribution >= 0.6 is 12.4 Å². The summed E-state index contributed by atoms with van der Waals surface area (Å²) < 4.78 is 1.65. The lowest BCUT2D eigenvalue weighted by Gasteiger charge is -2.07. The summed E-state index contributed by atoms with van der Waals surface area (Å²) in [4.78, 5) is 11.8. The van der Waals surface area contributed by atoms with Crippen LogP contribution < -0.4 is 10.6 Å². The molecule has 2 heterocycles. The third-order valence-electron chi connectivity index (χ3n) is 3.43. The fourth-order valence-electron chi connectivity index (χ4n) is 2.32. The summed E-state index contributed by atoms with van der Waals surface area (Å²) >= 11 is 0. The van der Waals surface area contributed by atoms with E-state index in [1.165, 1.54) is 11.1 Å². The second-order valence-corrected chi connectivity index (χ2v) is 4.90. The van der Waals surface area contributed by atoms with Crippen LogP contribution in [0.5, 0.6) is 0 Å². The SMILES string of the molecule is Cl.O=C(CCn1ccnn1)NCc1ccc2c(c1)CNC2. The zero-order valence-corrected chi connectivity index (χ0v) is 12.4. The summed E-state index contributed by atoms with van der Waals surface area (Å²) in [6.45, 7) is 2.99. The quantitative estimate of drug-likeness (QED) is 0.865. The standard InChI is InChI=1S/C14H17N5O.ClH/c20-14(3-5-19-6-4-17-18-19)16-8-11-1-2-12-9-15-10-13(12)7-11;/h1-2,4,6-7,15H,3,5,8-10H2,(H,16,20);1H. The first-order valence-electron chi connectivity index (χ1n) is 6.73. The smallest absolute Gasteiger partial charge is 0.222 e. The number of hydrogen-bond donors (Lipinski definition) is 2. The van der Waals surface area contributed by atoms with Gasteiger partial charge in [-0.15, -0.1) is 17.5 Å². The number of benzene rings is 1. The molecule has 1 aromatic carbocycles. The van der Waals surface area contributed by atoms with Gasteiger partial charge in [-0.25, -0.2) is 0 Å². The van der Waals surface area contributed by atoms with E-state index >= 15 is 0 Å². The summed E-state index contributed by atoms with van der Waals surface area (Å²) in [5.74, 6) is 0.0270. The van der Waals surface area contributed by atoms with E-state index in [9.17, 15) is 4.79 Å². The molecule has 0 saturated carbocycles. The highest BCUT2D eigenvalue weighted by atomic mass is 35.5. The summed E-state index contributed by atoms with van der Waals surface area (Å²) in [5, 5.41) is 13.8. The fraction of sp³-hybridized carbons (Fsp3) is 0.357. The molecule has 1 aliphatic heterocycles. The van der Waals surface area contributed by atoms with E-state index in [2.05, 4.69) is 39.1 Å². The van der Waals surface area contributed by atoms with Gasteiger partial charge < -0.3 is 10.6 Å². The molecule has 7 heteroatoms. The van der Waals surface area contributed by atoms with Crippen LogP contribution in [-0.2, 0) is 31.0 Å². The normalized spacial score (nSPS) is 12.6. The van der Waals surface area contributed by atoms with Crippen molar-refractivity contribution in [3.8, 4) is 0 Å². The van der Waals surface area contributed by atoms with Crippen LogP contribution in [0.1, 0.15) is 23.1 Å². The Morgan fingerprint density at radius 1 is 1.33 bits per heavy atom. The molecule has 0 bridgehead atoms. The molecule has 112 valence electrons. The van der Waals surface area contributed by atoms with Crippen molar-refractivity contribution in [2.75, 3.05) is 0 Å². The van der Waals surface area contributed by atoms with Gasteiger partial charge in [0.2, 0.25) is 5.91 Å². The van der Waals surface area contributed by atoms with Gasteiger partial charge in [0.25, 0.3) is 0 Å². The fourth-order valence-corrected chi connectivity index (χ4v) is 2.32. The second kappa shape index (κ2) is 7.19. The maximum atomic E-state index is 11.8. The lowest BCUT2D eigenvalue weighted by Crippen LogP contribution is -2.24. The van der Waals surface area contributed by atoms with Crippen molar-refractivity contribution >= 4 is 18.3 Å². The molecule has 21 heavy (non-hydrogen) atoms. The van der Waals surface area contributed by atoms with Crippen molar-refractivity contribution in [1.29, 1.82) is 0 Å². The number of carbonyl (C=O) groups excluding carboxylic acids is 1. The number of fused-ring (bicyclic) bond motifs is 1. The lowest BCUT2D eigenvalue weighted by atomic mass is 10.1. The van der Waals surface area contributed by atoms with Gasteiger partial charge in [-0.05, 0) is 16.7 Å². The molecule has 0 unspecified atom stereocenters. The number of nitrogens with zero attached hydrogens (tertiary/aromatic N) is 3. The highest BCUT2D eigenvalue weighted by Gasteiger charge is 2.10. The molecule has 1 amide bonds. The van der Waals surface area contributed by atoms with Crippen LogP contribution in [-0.4, -0.2) is 20.9 Å². The van der Waals surface area contributed by atoms with Gasteiger partial charge >= 0.3 is 0 Å². The molecule has 0 atom stereocenters. The van der Waals surface area contributed by atoms with Gasteiger partial charge in [-0.1, -0.05) is 23.4 Å². The summed E-state index contributed by atoms with van der Waals surface area (Å²) in [6, 6.07) is 6.36. The molecule has 0 spiro atoms. The number of nitrogens with one attached hydrogen (secondary N) is 2. The minimum atomic E-state index is 0. The van der Waals surface area contributed by atoms with Crippen molar-refractivity contribution in [2.45, 2.75) is 32.6 Å². The maximum Gasteiger partial charge on any atom is 0.222 e. The predicted molar refractivity (Wildman–Crippen MR) is 80.7 cm³/mol. The number of aromatic nitrogens is 3. The first-order chi connectivity index (χ1) is 9.81. The number of halogens is 1. The Balaban J connectivity index is 0.00000161. The molecule has 3 rings (SSSR count). The summed E-state index contributed by atoms with van der Waals surface area (Å²) in [6.07, 6.45) is 3.77. The average Bonchev–Trinajstić information content (AvgIpc) is 3.13. The Morgan fingerprint density at radius 3 is 3.00 bits per heavy atom. The van der Waals surface area contributed by atoms with E-state index in [1.54, 1.807) is 17.1 Å². The predicted octanol–water partition coefficient (Wildman–Crippen LogP) is 1.01. The first kappa shape index (κ1) is 15.5. The van der Waals surface area contributed by atoms with Gasteiger partial charge in [-0.3, -0.25) is 9.48 Å². The molecule has 2 aromatic rings. The van der Waals surface area contributed by atoms with Crippen LogP contribution in [0.3, 0.4) is 0 Å². The van der Waals surface area contributed by atoms with Gasteiger partial charge in [0, 0.05) is 32.3 Å². The topological polar surface area (TPSA) is 71.8 Å². The van der Waals surface area contributed by atoms with E-state index in [0.29, 0.717) is 19.5 Å². The molecule has 1 aliphatic rings. The number of amides is 1. The van der Waals surface area contributed by atoms with Crippen molar-refractivity contribution < 1.29 is 4.79 Å². The minimum Gasteiger partial charge on any atom is -0.352 e. The van der Waals surface area contributed by atoms with Crippen molar-refractivity contribution in [3.63, 3.8) is 0 Å². The second-order valence-electron chi connectivity index (χ2n) is 4.90. The molecule has 0 radical (unpaired) electrons. The maximum absolute atomic E-state index is 11.8. The molecule has 0 aliphatic carbocycles. The highest BCUT2D eigenvalue weighted by molar-refractivity contribution is 5.85. The zero-order valence-electron chi connectivity index (χ0n) is 11.6. The van der Waals surface area contributed by atoms with Gasteiger partial charge in [0.15, 0.2) is 0 Å². The Hall–Kier alpha value is -1.92. The molecule has 2 N–H and O–H groups in total. The first-order valence-corrected chi connectivity index (χ1v) is 6.73. The van der Waals surface area contributed by atoms with Gasteiger partial charge in [0.05, 0.1) is 12.7 Å². The third kappa shape index (κ3) is 4.03. The summed E-state index contributed by atoms with van der Waals surface area (Å²) in [7, 11) is 0. The van der Waals surface area contributed by atoms with Crippen LogP contribution in [0, 0.1) is 0 Å². The van der Waals surface area contributed by atoms with E-state index in [0.717, 1.165) is 18.7 Å². The van der Waals surface area contributed by atoms with Gasteiger partial charge in [-0.2, -0.15) is 0 Å². The zero-order chi connectivity index (χ0) is 13.8. The van der Waals surface area contributed by atoms with E-state index < -0.39 is 0 Å². The lowest BCUT2D eigenvalue weighted by molar-refractivity contribution is -0.121. The molecular weight excluding hydrogens is 290 g/mol. The van der Waals surface area contributed by atoms with Crippen LogP contribution in [0.15, 0.2) is 30.6 Å². The Morgan fingerprint density at radius 2 is 2.19 bits per heavy atom. The molecule has 6 nitrogen and oxygen atoms in total. The van der Waals surface area contributed by atoms with Crippen molar-refractivity contribution in [3.05, 3.63) is 47.3 Å². The Labute approximate surface area is 129 Å². The monoisotopic (exact) mass is 307 g/mol. The van der Waals surface area contributed by atoms with E-state index in [4.69, 9.17) is 0 Å². The van der Waals surface area contributed by atoms with Crippen LogP contribution in [0.4, 0.5) is 0 Å². The van der Waals surface area contributed by atoms with Crippen LogP contribution in [0.2, 0.25) is 0 Å². The Kier molecular flexibility index (Phi) is 5.30. The van der Waals surface area contributed by atoms with E-state index in [-0.39, 0.29) is 18.3 Å². The minimum absolute atomic E-state index is 0. The molecule has 0 saturated heterocycles.